The Morgan fingerprint density at radius 3 is 2.45 bits per heavy atom. The highest BCUT2D eigenvalue weighted by molar-refractivity contribution is 5.74. The van der Waals surface area contributed by atoms with Crippen LogP contribution in [0.4, 0.5) is 4.79 Å². The van der Waals surface area contributed by atoms with Gasteiger partial charge in [0.15, 0.2) is 0 Å². The van der Waals surface area contributed by atoms with E-state index in [0.717, 1.165) is 62.0 Å². The lowest BCUT2D eigenvalue weighted by molar-refractivity contribution is 0.136. The molecule has 0 atom stereocenters. The Bertz CT molecular complexity index is 963. The maximum atomic E-state index is 12.5. The van der Waals surface area contributed by atoms with E-state index in [1.165, 1.54) is 0 Å². The number of ether oxygens (including phenoxy) is 1. The first kappa shape index (κ1) is 20.9. The molecular weight excluding hydrogens is 390 g/mol. The van der Waals surface area contributed by atoms with Crippen LogP contribution in [0.2, 0.25) is 0 Å². The number of carbonyl (C=O) groups excluding carboxylic acids is 1. The Hall–Kier alpha value is -3.32. The molecular formula is C24H29N5O2. The van der Waals surface area contributed by atoms with Crippen LogP contribution in [0.15, 0.2) is 67.0 Å². The SMILES string of the molecule is COc1ccc(CNC(=O)N2CCN(CCn3ccnc3-c3ccccc3)CC2)cc1. The summed E-state index contributed by atoms with van der Waals surface area (Å²) < 4.78 is 7.36. The Labute approximate surface area is 183 Å². The minimum Gasteiger partial charge on any atom is -0.497 e. The molecule has 1 aliphatic heterocycles. The van der Waals surface area contributed by atoms with E-state index in [4.69, 9.17) is 4.74 Å². The quantitative estimate of drug-likeness (QED) is 0.639. The number of imidazole rings is 1. The summed E-state index contributed by atoms with van der Waals surface area (Å²) in [6.45, 7) is 5.59. The number of nitrogens with one attached hydrogen (secondary N) is 1. The molecule has 2 heterocycles. The smallest absolute Gasteiger partial charge is 0.317 e. The zero-order valence-electron chi connectivity index (χ0n) is 17.9. The molecule has 0 bridgehead atoms. The standard InChI is InChI=1S/C24H29N5O2/c1-31-22-9-7-20(8-10-22)19-26-24(30)29-17-14-27(15-18-29)13-16-28-12-11-25-23(28)21-5-3-2-4-6-21/h2-12H,13-19H2,1H3,(H,26,30). The number of methoxy groups -OCH3 is 1. The molecule has 1 saturated heterocycles. The Balaban J connectivity index is 1.21. The van der Waals surface area contributed by atoms with E-state index in [-0.39, 0.29) is 6.03 Å². The van der Waals surface area contributed by atoms with Crippen LogP contribution in [-0.2, 0) is 13.1 Å². The van der Waals surface area contributed by atoms with Crippen molar-refractivity contribution in [2.45, 2.75) is 13.1 Å². The first-order valence-corrected chi connectivity index (χ1v) is 10.7. The fourth-order valence-electron chi connectivity index (χ4n) is 3.79. The van der Waals surface area contributed by atoms with Gasteiger partial charge in [-0.05, 0) is 17.7 Å². The summed E-state index contributed by atoms with van der Waals surface area (Å²) in [4.78, 5) is 21.3. The number of aromatic nitrogens is 2. The van der Waals surface area contributed by atoms with Gasteiger partial charge in [-0.1, -0.05) is 42.5 Å². The van der Waals surface area contributed by atoms with Gasteiger partial charge in [0.25, 0.3) is 0 Å². The summed E-state index contributed by atoms with van der Waals surface area (Å²) in [5.41, 5.74) is 2.19. The van der Waals surface area contributed by atoms with Crippen LogP contribution >= 0.6 is 0 Å². The molecule has 1 aromatic heterocycles. The van der Waals surface area contributed by atoms with Gasteiger partial charge in [0.1, 0.15) is 11.6 Å². The number of hydrogen-bond donors (Lipinski definition) is 1. The molecule has 31 heavy (non-hydrogen) atoms. The van der Waals surface area contributed by atoms with Crippen LogP contribution in [0.1, 0.15) is 5.56 Å². The van der Waals surface area contributed by atoms with Gasteiger partial charge in [-0.3, -0.25) is 4.90 Å². The summed E-state index contributed by atoms with van der Waals surface area (Å²) in [7, 11) is 1.65. The predicted molar refractivity (Wildman–Crippen MR) is 121 cm³/mol. The lowest BCUT2D eigenvalue weighted by Gasteiger charge is -2.34. The largest absolute Gasteiger partial charge is 0.497 e. The van der Waals surface area contributed by atoms with Crippen LogP contribution in [-0.4, -0.2) is 65.2 Å². The zero-order chi connectivity index (χ0) is 21.5. The van der Waals surface area contributed by atoms with Crippen molar-refractivity contribution in [3.05, 3.63) is 72.6 Å². The Kier molecular flexibility index (Phi) is 6.84. The van der Waals surface area contributed by atoms with Gasteiger partial charge in [-0.15, -0.1) is 0 Å². The molecule has 2 aromatic carbocycles. The van der Waals surface area contributed by atoms with Gasteiger partial charge in [0, 0.05) is 63.8 Å². The van der Waals surface area contributed by atoms with Crippen LogP contribution in [0.3, 0.4) is 0 Å². The van der Waals surface area contributed by atoms with Gasteiger partial charge in [0.2, 0.25) is 0 Å². The number of benzene rings is 2. The third-order valence-corrected chi connectivity index (χ3v) is 5.67. The van der Waals surface area contributed by atoms with Crippen molar-refractivity contribution in [1.82, 2.24) is 24.7 Å². The molecule has 1 fully saturated rings. The normalized spacial score (nSPS) is 14.4. The van der Waals surface area contributed by atoms with E-state index >= 15 is 0 Å². The zero-order valence-corrected chi connectivity index (χ0v) is 17.9. The van der Waals surface area contributed by atoms with E-state index in [2.05, 4.69) is 31.9 Å². The molecule has 0 unspecified atom stereocenters. The van der Waals surface area contributed by atoms with Gasteiger partial charge < -0.3 is 19.5 Å². The molecule has 0 saturated carbocycles. The van der Waals surface area contributed by atoms with Crippen LogP contribution in [0.25, 0.3) is 11.4 Å². The number of nitrogens with zero attached hydrogens (tertiary/aromatic N) is 4. The average Bonchev–Trinajstić information content (AvgIpc) is 3.31. The summed E-state index contributed by atoms with van der Waals surface area (Å²) >= 11 is 0. The molecule has 1 N–H and O–H groups in total. The molecule has 3 aromatic rings. The highest BCUT2D eigenvalue weighted by Gasteiger charge is 2.21. The molecule has 0 aliphatic carbocycles. The van der Waals surface area contributed by atoms with Crippen LogP contribution < -0.4 is 10.1 Å². The fourth-order valence-corrected chi connectivity index (χ4v) is 3.79. The second kappa shape index (κ2) is 10.1. The first-order chi connectivity index (χ1) is 15.2. The van der Waals surface area contributed by atoms with Crippen molar-refractivity contribution in [3.8, 4) is 17.1 Å². The number of amides is 2. The fraction of sp³-hybridized carbons (Fsp3) is 0.333. The molecule has 0 spiro atoms. The lowest BCUT2D eigenvalue weighted by Crippen LogP contribution is -2.52. The van der Waals surface area contributed by atoms with Gasteiger partial charge in [-0.2, -0.15) is 0 Å². The topological polar surface area (TPSA) is 62.6 Å². The van der Waals surface area contributed by atoms with Gasteiger partial charge in [0.05, 0.1) is 7.11 Å². The number of piperazine rings is 1. The molecule has 1 aliphatic rings. The van der Waals surface area contributed by atoms with Gasteiger partial charge >= 0.3 is 6.03 Å². The molecule has 7 heteroatoms. The highest BCUT2D eigenvalue weighted by Crippen LogP contribution is 2.17. The van der Waals surface area contributed by atoms with E-state index in [1.807, 2.05) is 59.8 Å². The highest BCUT2D eigenvalue weighted by atomic mass is 16.5. The second-order valence-electron chi connectivity index (χ2n) is 7.65. The van der Waals surface area contributed by atoms with Crippen molar-refractivity contribution in [2.75, 3.05) is 39.8 Å². The minimum atomic E-state index is -0.00329. The van der Waals surface area contributed by atoms with Crippen molar-refractivity contribution in [3.63, 3.8) is 0 Å². The van der Waals surface area contributed by atoms with E-state index in [9.17, 15) is 4.79 Å². The molecule has 2 amide bonds. The van der Waals surface area contributed by atoms with Crippen molar-refractivity contribution >= 4 is 6.03 Å². The average molecular weight is 420 g/mol. The summed E-state index contributed by atoms with van der Waals surface area (Å²) in [6, 6.07) is 18.0. The predicted octanol–water partition coefficient (Wildman–Crippen LogP) is 3.09. The maximum absolute atomic E-state index is 12.5. The lowest BCUT2D eigenvalue weighted by atomic mass is 10.2. The van der Waals surface area contributed by atoms with E-state index < -0.39 is 0 Å². The van der Waals surface area contributed by atoms with Gasteiger partial charge in [-0.25, -0.2) is 9.78 Å². The first-order valence-electron chi connectivity index (χ1n) is 10.7. The molecule has 162 valence electrons. The third kappa shape index (κ3) is 5.44. The molecule has 0 radical (unpaired) electrons. The number of carbonyl (C=O) groups is 1. The van der Waals surface area contributed by atoms with Crippen LogP contribution in [0.5, 0.6) is 5.75 Å². The number of hydrogen-bond acceptors (Lipinski definition) is 4. The minimum absolute atomic E-state index is 0.00329. The van der Waals surface area contributed by atoms with Crippen LogP contribution in [0, 0.1) is 0 Å². The number of urea groups is 1. The monoisotopic (exact) mass is 419 g/mol. The van der Waals surface area contributed by atoms with E-state index in [1.54, 1.807) is 7.11 Å². The summed E-state index contributed by atoms with van der Waals surface area (Å²) in [5, 5.41) is 3.02. The Morgan fingerprint density at radius 2 is 1.74 bits per heavy atom. The van der Waals surface area contributed by atoms with Crippen molar-refractivity contribution in [2.24, 2.45) is 0 Å². The summed E-state index contributed by atoms with van der Waals surface area (Å²) in [6.07, 6.45) is 3.89. The second-order valence-corrected chi connectivity index (χ2v) is 7.65. The Morgan fingerprint density at radius 1 is 1.00 bits per heavy atom. The summed E-state index contributed by atoms with van der Waals surface area (Å²) in [5.74, 6) is 1.81. The molecule has 4 rings (SSSR count). The molecule has 7 nitrogen and oxygen atoms in total. The maximum Gasteiger partial charge on any atom is 0.317 e. The van der Waals surface area contributed by atoms with Crippen molar-refractivity contribution < 1.29 is 9.53 Å². The third-order valence-electron chi connectivity index (χ3n) is 5.67. The number of rotatable bonds is 7. The van der Waals surface area contributed by atoms with E-state index in [0.29, 0.717) is 6.54 Å². The van der Waals surface area contributed by atoms with Crippen molar-refractivity contribution in [1.29, 1.82) is 0 Å².